The number of hydrogen-bond acceptors (Lipinski definition) is 4. The third-order valence-corrected chi connectivity index (χ3v) is 3.47. The van der Waals surface area contributed by atoms with Crippen molar-refractivity contribution >= 4 is 11.9 Å². The van der Waals surface area contributed by atoms with Gasteiger partial charge in [-0.15, -0.1) is 5.10 Å². The van der Waals surface area contributed by atoms with Gasteiger partial charge in [0, 0.05) is 18.7 Å². The van der Waals surface area contributed by atoms with E-state index in [1.54, 1.807) is 17.1 Å². The molecule has 0 saturated heterocycles. The van der Waals surface area contributed by atoms with Crippen molar-refractivity contribution in [2.24, 2.45) is 5.92 Å². The van der Waals surface area contributed by atoms with Crippen molar-refractivity contribution in [1.82, 2.24) is 20.3 Å². The molecule has 2 N–H and O–H groups in total. The summed E-state index contributed by atoms with van der Waals surface area (Å²) < 4.78 is 1.58. The van der Waals surface area contributed by atoms with Crippen LogP contribution >= 0.6 is 0 Å². The molecule has 1 amide bonds. The van der Waals surface area contributed by atoms with Gasteiger partial charge in [-0.25, -0.2) is 0 Å². The van der Waals surface area contributed by atoms with Crippen molar-refractivity contribution in [3.63, 3.8) is 0 Å². The van der Waals surface area contributed by atoms with Crippen molar-refractivity contribution in [3.05, 3.63) is 12.4 Å². The zero-order chi connectivity index (χ0) is 13.7. The minimum absolute atomic E-state index is 0.131. The van der Waals surface area contributed by atoms with E-state index in [2.05, 4.69) is 15.6 Å². The van der Waals surface area contributed by atoms with Gasteiger partial charge in [0.15, 0.2) is 0 Å². The lowest BCUT2D eigenvalue weighted by atomic mass is 9.84. The van der Waals surface area contributed by atoms with E-state index in [-0.39, 0.29) is 18.4 Å². The molecule has 1 saturated carbocycles. The summed E-state index contributed by atoms with van der Waals surface area (Å²) in [7, 11) is 0. The first-order chi connectivity index (χ1) is 9.16. The van der Waals surface area contributed by atoms with Gasteiger partial charge in [0.25, 0.3) is 0 Å². The van der Waals surface area contributed by atoms with Crippen LogP contribution in [0.4, 0.5) is 0 Å². The Bertz CT molecular complexity index is 432. The number of hydrogen-bond donors (Lipinski definition) is 2. The van der Waals surface area contributed by atoms with Crippen LogP contribution in [0.5, 0.6) is 0 Å². The first-order valence-electron chi connectivity index (χ1n) is 6.53. The highest BCUT2D eigenvalue weighted by molar-refractivity contribution is 5.78. The van der Waals surface area contributed by atoms with Crippen LogP contribution in [-0.2, 0) is 16.1 Å². The molecule has 104 valence electrons. The predicted octanol–water partition coefficient (Wildman–Crippen LogP) is 0.428. The molecule has 19 heavy (non-hydrogen) atoms. The number of nitrogens with one attached hydrogen (secondary N) is 1. The molecule has 2 rings (SSSR count). The van der Waals surface area contributed by atoms with Crippen LogP contribution in [0.1, 0.15) is 32.1 Å². The van der Waals surface area contributed by atoms with Gasteiger partial charge in [0.05, 0.1) is 18.7 Å². The number of carbonyl (C=O) groups is 2. The predicted molar refractivity (Wildman–Crippen MR) is 66.2 cm³/mol. The fourth-order valence-corrected chi connectivity index (χ4v) is 2.45. The first kappa shape index (κ1) is 13.5. The molecule has 0 bridgehead atoms. The fraction of sp³-hybridized carbons (Fsp3) is 0.667. The number of carbonyl (C=O) groups excluding carboxylic acids is 1. The molecular formula is C12H18N4O3. The van der Waals surface area contributed by atoms with Gasteiger partial charge in [-0.05, 0) is 12.8 Å². The van der Waals surface area contributed by atoms with Crippen molar-refractivity contribution in [3.8, 4) is 0 Å². The quantitative estimate of drug-likeness (QED) is 0.805. The highest BCUT2D eigenvalue weighted by Crippen LogP contribution is 2.24. The maximum Gasteiger partial charge on any atom is 0.308 e. The number of amides is 1. The summed E-state index contributed by atoms with van der Waals surface area (Å²) in [6.45, 7) is 0.455. The molecule has 1 heterocycles. The molecule has 2 unspecified atom stereocenters. The van der Waals surface area contributed by atoms with E-state index in [4.69, 9.17) is 5.11 Å². The maximum atomic E-state index is 11.8. The van der Waals surface area contributed by atoms with E-state index >= 15 is 0 Å². The van der Waals surface area contributed by atoms with E-state index < -0.39 is 11.9 Å². The molecule has 1 aromatic heterocycles. The molecule has 1 aliphatic rings. The summed E-state index contributed by atoms with van der Waals surface area (Å²) >= 11 is 0. The molecule has 7 heteroatoms. The van der Waals surface area contributed by atoms with Gasteiger partial charge in [-0.1, -0.05) is 18.1 Å². The molecule has 2 atom stereocenters. The van der Waals surface area contributed by atoms with Crippen molar-refractivity contribution in [2.45, 2.75) is 44.7 Å². The summed E-state index contributed by atoms with van der Waals surface area (Å²) in [5.41, 5.74) is 0. The van der Waals surface area contributed by atoms with E-state index in [9.17, 15) is 9.59 Å². The second-order valence-electron chi connectivity index (χ2n) is 4.82. The Balaban J connectivity index is 1.81. The molecule has 0 radical (unpaired) electrons. The van der Waals surface area contributed by atoms with Gasteiger partial charge in [-0.2, -0.15) is 0 Å². The number of nitrogens with zero attached hydrogens (tertiary/aromatic N) is 3. The Labute approximate surface area is 111 Å². The van der Waals surface area contributed by atoms with E-state index in [0.717, 1.165) is 19.3 Å². The summed E-state index contributed by atoms with van der Waals surface area (Å²) in [6, 6.07) is -0.241. The van der Waals surface area contributed by atoms with Gasteiger partial charge in [-0.3, -0.25) is 14.3 Å². The molecule has 7 nitrogen and oxygen atoms in total. The maximum absolute atomic E-state index is 11.8. The Kier molecular flexibility index (Phi) is 4.48. The molecule has 0 aromatic carbocycles. The largest absolute Gasteiger partial charge is 0.481 e. The Morgan fingerprint density at radius 1 is 1.37 bits per heavy atom. The summed E-state index contributed by atoms with van der Waals surface area (Å²) in [6.07, 6.45) is 6.80. The lowest BCUT2D eigenvalue weighted by Gasteiger charge is -2.29. The average molecular weight is 266 g/mol. The van der Waals surface area contributed by atoms with Crippen molar-refractivity contribution < 1.29 is 14.7 Å². The Hall–Kier alpha value is -1.92. The number of carboxylic acids is 1. The topological polar surface area (TPSA) is 97.1 Å². The first-order valence-corrected chi connectivity index (χ1v) is 6.53. The molecule has 0 aliphatic heterocycles. The van der Waals surface area contributed by atoms with Crippen LogP contribution < -0.4 is 5.32 Å². The van der Waals surface area contributed by atoms with E-state index in [1.165, 1.54) is 0 Å². The standard InChI is InChI=1S/C12H18N4O3/c17-11(5-7-16-8-6-13-15-16)14-10-4-2-1-3-9(10)12(18)19/h6,8-10H,1-5,7H2,(H,14,17)(H,18,19). The van der Waals surface area contributed by atoms with Crippen LogP contribution in [0.2, 0.25) is 0 Å². The summed E-state index contributed by atoms with van der Waals surface area (Å²) in [5, 5.41) is 19.4. The van der Waals surface area contributed by atoms with Gasteiger partial charge in [0.2, 0.25) is 5.91 Å². The fourth-order valence-electron chi connectivity index (χ4n) is 2.45. The zero-order valence-electron chi connectivity index (χ0n) is 10.7. The third kappa shape index (κ3) is 3.77. The molecule has 1 aliphatic carbocycles. The van der Waals surface area contributed by atoms with Gasteiger partial charge >= 0.3 is 5.97 Å². The van der Waals surface area contributed by atoms with Crippen LogP contribution in [0.15, 0.2) is 12.4 Å². The van der Waals surface area contributed by atoms with E-state index in [0.29, 0.717) is 13.0 Å². The van der Waals surface area contributed by atoms with Gasteiger partial charge < -0.3 is 10.4 Å². The van der Waals surface area contributed by atoms with Crippen LogP contribution in [-0.4, -0.2) is 38.0 Å². The number of aliphatic carboxylic acids is 1. The van der Waals surface area contributed by atoms with Crippen LogP contribution in [0.25, 0.3) is 0 Å². The zero-order valence-corrected chi connectivity index (χ0v) is 10.7. The molecule has 0 spiro atoms. The lowest BCUT2D eigenvalue weighted by Crippen LogP contribution is -2.45. The molecular weight excluding hydrogens is 248 g/mol. The highest BCUT2D eigenvalue weighted by Gasteiger charge is 2.31. The number of carboxylic acid groups (broad SMARTS) is 1. The monoisotopic (exact) mass is 266 g/mol. The van der Waals surface area contributed by atoms with Crippen LogP contribution in [0, 0.1) is 5.92 Å². The molecule has 1 aromatic rings. The summed E-state index contributed by atoms with van der Waals surface area (Å²) in [4.78, 5) is 22.9. The average Bonchev–Trinajstić information content (AvgIpc) is 2.90. The Morgan fingerprint density at radius 3 is 2.84 bits per heavy atom. The van der Waals surface area contributed by atoms with Crippen LogP contribution in [0.3, 0.4) is 0 Å². The summed E-state index contributed by atoms with van der Waals surface area (Å²) in [5.74, 6) is -1.40. The highest BCUT2D eigenvalue weighted by atomic mass is 16.4. The molecule has 1 fully saturated rings. The third-order valence-electron chi connectivity index (χ3n) is 3.47. The number of aromatic nitrogens is 3. The minimum atomic E-state index is -0.818. The van der Waals surface area contributed by atoms with Crippen molar-refractivity contribution in [1.29, 1.82) is 0 Å². The smallest absolute Gasteiger partial charge is 0.308 e. The Morgan fingerprint density at radius 2 is 2.16 bits per heavy atom. The normalized spacial score (nSPS) is 22.9. The minimum Gasteiger partial charge on any atom is -0.481 e. The number of aryl methyl sites for hydroxylation is 1. The second kappa shape index (κ2) is 6.31. The lowest BCUT2D eigenvalue weighted by molar-refractivity contribution is -0.144. The second-order valence-corrected chi connectivity index (χ2v) is 4.82. The SMILES string of the molecule is O=C(CCn1ccnn1)NC1CCCCC1C(=O)O. The van der Waals surface area contributed by atoms with Crippen molar-refractivity contribution in [2.75, 3.05) is 0 Å². The van der Waals surface area contributed by atoms with E-state index in [1.807, 2.05) is 0 Å². The van der Waals surface area contributed by atoms with Gasteiger partial charge in [0.1, 0.15) is 0 Å². The number of rotatable bonds is 5.